The Morgan fingerprint density at radius 3 is 2.57 bits per heavy atom. The Hall–Kier alpha value is -3.56. The third-order valence-corrected chi connectivity index (χ3v) is 4.02. The maximum absolute atomic E-state index is 14.3. The molecule has 0 aliphatic heterocycles. The molecule has 1 aromatic carbocycles. The van der Waals surface area contributed by atoms with Crippen LogP contribution in [0.2, 0.25) is 0 Å². The molecule has 28 heavy (non-hydrogen) atoms. The van der Waals surface area contributed by atoms with E-state index in [0.29, 0.717) is 5.56 Å². The highest BCUT2D eigenvalue weighted by Gasteiger charge is 2.31. The van der Waals surface area contributed by atoms with Crippen LogP contribution >= 0.6 is 0 Å². The zero-order chi connectivity index (χ0) is 20.3. The van der Waals surface area contributed by atoms with Gasteiger partial charge in [-0.3, -0.25) is 18.8 Å². The molecule has 10 heteroatoms. The summed E-state index contributed by atoms with van der Waals surface area (Å²) in [4.78, 5) is 27.8. The summed E-state index contributed by atoms with van der Waals surface area (Å²) in [5.74, 6) is -4.85. The molecule has 0 aliphatic rings. The van der Waals surface area contributed by atoms with Crippen molar-refractivity contribution in [2.75, 3.05) is 11.9 Å². The number of aliphatic carboxylic acids is 1. The summed E-state index contributed by atoms with van der Waals surface area (Å²) < 4.78 is 31.1. The first-order chi connectivity index (χ1) is 13.3. The normalized spacial score (nSPS) is 11.4. The van der Waals surface area contributed by atoms with E-state index in [1.165, 1.54) is 41.3 Å². The highest BCUT2D eigenvalue weighted by atomic mass is 19.3. The van der Waals surface area contributed by atoms with Crippen LogP contribution in [0.4, 0.5) is 14.6 Å². The fourth-order valence-electron chi connectivity index (χ4n) is 2.66. The van der Waals surface area contributed by atoms with Crippen molar-refractivity contribution in [3.8, 4) is 11.3 Å². The summed E-state index contributed by atoms with van der Waals surface area (Å²) in [6, 6.07) is 7.16. The van der Waals surface area contributed by atoms with Gasteiger partial charge in [-0.05, 0) is 0 Å². The smallest absolute Gasteiger partial charge is 0.323 e. The van der Waals surface area contributed by atoms with E-state index in [2.05, 4.69) is 15.4 Å². The van der Waals surface area contributed by atoms with Crippen LogP contribution in [0.15, 0.2) is 53.7 Å². The van der Waals surface area contributed by atoms with Gasteiger partial charge in [-0.2, -0.15) is 13.9 Å². The van der Waals surface area contributed by atoms with E-state index >= 15 is 0 Å². The van der Waals surface area contributed by atoms with E-state index in [-0.39, 0.29) is 17.1 Å². The lowest BCUT2D eigenvalue weighted by atomic mass is 10.1. The van der Waals surface area contributed by atoms with Crippen molar-refractivity contribution in [2.24, 2.45) is 7.05 Å². The van der Waals surface area contributed by atoms with Crippen LogP contribution in [-0.2, 0) is 24.3 Å². The Morgan fingerprint density at radius 2 is 1.96 bits per heavy atom. The van der Waals surface area contributed by atoms with Gasteiger partial charge in [-0.25, -0.2) is 4.98 Å². The molecule has 0 atom stereocenters. The topological polar surface area (TPSA) is 102 Å². The number of aryl methyl sites for hydroxylation is 1. The van der Waals surface area contributed by atoms with Crippen LogP contribution in [0, 0.1) is 0 Å². The summed E-state index contributed by atoms with van der Waals surface area (Å²) in [5.41, 5.74) is -0.316. The molecule has 2 aromatic heterocycles. The second kappa shape index (κ2) is 7.59. The Labute approximate surface area is 158 Å². The maximum Gasteiger partial charge on any atom is 0.323 e. The van der Waals surface area contributed by atoms with Crippen LogP contribution in [-0.4, -0.2) is 37.0 Å². The van der Waals surface area contributed by atoms with Crippen molar-refractivity contribution < 1.29 is 18.7 Å². The summed E-state index contributed by atoms with van der Waals surface area (Å²) >= 11 is 0. The first-order valence-corrected chi connectivity index (χ1v) is 8.26. The number of carboxylic acids is 1. The Kier molecular flexibility index (Phi) is 5.21. The number of nitrogens with zero attached hydrogens (tertiary/aromatic N) is 4. The lowest BCUT2D eigenvalue weighted by molar-refractivity contribution is -0.137. The minimum absolute atomic E-state index is 0.208. The average molecular weight is 389 g/mol. The molecular formula is C18H17F2N5O3. The van der Waals surface area contributed by atoms with Crippen molar-refractivity contribution in [1.29, 1.82) is 0 Å². The molecule has 0 fully saturated rings. The van der Waals surface area contributed by atoms with E-state index < -0.39 is 30.5 Å². The number of hydrogen-bond donors (Lipinski definition) is 2. The number of nitrogens with one attached hydrogen (secondary N) is 1. The number of carboxylic acid groups (broad SMARTS) is 1. The maximum atomic E-state index is 14.3. The van der Waals surface area contributed by atoms with Gasteiger partial charge < -0.3 is 10.4 Å². The monoisotopic (exact) mass is 389 g/mol. The quantitative estimate of drug-likeness (QED) is 0.640. The molecule has 0 spiro atoms. The zero-order valence-electron chi connectivity index (χ0n) is 14.8. The lowest BCUT2D eigenvalue weighted by Crippen LogP contribution is -2.32. The van der Waals surface area contributed by atoms with Gasteiger partial charge in [-0.15, -0.1) is 0 Å². The lowest BCUT2D eigenvalue weighted by Gasteiger charge is -2.18. The van der Waals surface area contributed by atoms with E-state index in [1.807, 2.05) is 0 Å². The summed E-state index contributed by atoms with van der Waals surface area (Å²) in [6.07, 6.45) is 4.29. The molecule has 3 aromatic rings. The van der Waals surface area contributed by atoms with Gasteiger partial charge in [0.15, 0.2) is 5.82 Å². The second-order valence-corrected chi connectivity index (χ2v) is 6.10. The second-order valence-electron chi connectivity index (χ2n) is 6.10. The highest BCUT2D eigenvalue weighted by Crippen LogP contribution is 2.27. The number of rotatable bonds is 7. The van der Waals surface area contributed by atoms with Gasteiger partial charge in [0.25, 0.3) is 11.5 Å². The van der Waals surface area contributed by atoms with Gasteiger partial charge in [0.05, 0.1) is 24.6 Å². The molecule has 0 saturated heterocycles. The molecule has 8 nitrogen and oxygen atoms in total. The predicted molar refractivity (Wildman–Crippen MR) is 97.2 cm³/mol. The minimum Gasteiger partial charge on any atom is -0.480 e. The molecule has 0 unspecified atom stereocenters. The van der Waals surface area contributed by atoms with Crippen molar-refractivity contribution in [1.82, 2.24) is 19.3 Å². The third-order valence-electron chi connectivity index (χ3n) is 4.02. The molecule has 2 heterocycles. The molecule has 0 bridgehead atoms. The zero-order valence-corrected chi connectivity index (χ0v) is 14.8. The molecule has 146 valence electrons. The summed E-state index contributed by atoms with van der Waals surface area (Å²) in [7, 11) is 1.66. The molecule has 0 saturated carbocycles. The SMILES string of the molecule is Cn1cc(-c2cnc(NCC(F)(F)c3ccccc3)c(=O)n2CC(=O)O)cn1. The highest BCUT2D eigenvalue weighted by molar-refractivity contribution is 5.69. The van der Waals surface area contributed by atoms with E-state index in [4.69, 9.17) is 5.11 Å². The number of halogens is 2. The molecule has 3 rings (SSSR count). The number of benzene rings is 1. The Morgan fingerprint density at radius 1 is 1.25 bits per heavy atom. The van der Waals surface area contributed by atoms with Crippen LogP contribution in [0.3, 0.4) is 0 Å². The molecule has 0 amide bonds. The molecule has 0 aliphatic carbocycles. The van der Waals surface area contributed by atoms with Crippen molar-refractivity contribution >= 4 is 11.8 Å². The predicted octanol–water partition coefficient (Wildman–Crippen LogP) is 1.93. The molecular weight excluding hydrogens is 372 g/mol. The Balaban J connectivity index is 1.92. The van der Waals surface area contributed by atoms with Crippen molar-refractivity contribution in [3.63, 3.8) is 0 Å². The van der Waals surface area contributed by atoms with Crippen LogP contribution in [0.5, 0.6) is 0 Å². The van der Waals surface area contributed by atoms with Crippen molar-refractivity contribution in [2.45, 2.75) is 12.5 Å². The van der Waals surface area contributed by atoms with Gasteiger partial charge in [-0.1, -0.05) is 30.3 Å². The fourth-order valence-corrected chi connectivity index (χ4v) is 2.66. The average Bonchev–Trinajstić information content (AvgIpc) is 3.09. The van der Waals surface area contributed by atoms with Crippen LogP contribution < -0.4 is 10.9 Å². The summed E-state index contributed by atoms with van der Waals surface area (Å²) in [6.45, 7) is -1.51. The van der Waals surface area contributed by atoms with Gasteiger partial charge >= 0.3 is 5.97 Å². The first-order valence-electron chi connectivity index (χ1n) is 8.26. The first kappa shape index (κ1) is 19.2. The van der Waals surface area contributed by atoms with E-state index in [9.17, 15) is 18.4 Å². The third kappa shape index (κ3) is 4.05. The van der Waals surface area contributed by atoms with Gasteiger partial charge in [0, 0.05) is 24.4 Å². The number of alkyl halides is 2. The molecule has 2 N–H and O–H groups in total. The van der Waals surface area contributed by atoms with E-state index in [1.54, 1.807) is 19.3 Å². The number of anilines is 1. The number of carbonyl (C=O) groups is 1. The molecule has 0 radical (unpaired) electrons. The van der Waals surface area contributed by atoms with Crippen LogP contribution in [0.25, 0.3) is 11.3 Å². The summed E-state index contributed by atoms with van der Waals surface area (Å²) in [5, 5.41) is 15.4. The van der Waals surface area contributed by atoms with E-state index in [0.717, 1.165) is 4.57 Å². The largest absolute Gasteiger partial charge is 0.480 e. The Bertz CT molecular complexity index is 1050. The fraction of sp³-hybridized carbons (Fsp3) is 0.222. The minimum atomic E-state index is -3.24. The van der Waals surface area contributed by atoms with Gasteiger partial charge in [0.2, 0.25) is 0 Å². The van der Waals surface area contributed by atoms with Crippen molar-refractivity contribution in [3.05, 3.63) is 64.8 Å². The number of hydrogen-bond acceptors (Lipinski definition) is 5. The van der Waals surface area contributed by atoms with Crippen LogP contribution in [0.1, 0.15) is 5.56 Å². The standard InChI is InChI=1S/C18H17F2N5O3/c1-24-9-12(7-23-24)14-8-21-16(17(28)25(14)10-15(26)27)22-11-18(19,20)13-5-3-2-4-6-13/h2-9H,10-11H2,1H3,(H,21,22)(H,26,27). The van der Waals surface area contributed by atoms with Gasteiger partial charge in [0.1, 0.15) is 6.54 Å². The number of aromatic nitrogens is 4.